The largest absolute Gasteiger partial charge is 0.507 e. The van der Waals surface area contributed by atoms with E-state index < -0.39 is 0 Å². The number of halogens is 1. The second-order valence-corrected chi connectivity index (χ2v) is 7.11. The summed E-state index contributed by atoms with van der Waals surface area (Å²) in [6.07, 6.45) is 0. The maximum atomic E-state index is 12.6. The Labute approximate surface area is 175 Å². The Hall–Kier alpha value is -3.32. The number of oxazole rings is 1. The summed E-state index contributed by atoms with van der Waals surface area (Å²) in [5.74, 6) is 0.678. The SMILES string of the molecule is CCOc1ccc(C(=O)Nc2ccc(O)c(-c3nc4ccccc4o3)c2)cc1Br. The van der Waals surface area contributed by atoms with Crippen molar-refractivity contribution in [3.63, 3.8) is 0 Å². The van der Waals surface area contributed by atoms with Crippen molar-refractivity contribution in [2.45, 2.75) is 6.92 Å². The topological polar surface area (TPSA) is 84.6 Å². The molecule has 6 nitrogen and oxygen atoms in total. The van der Waals surface area contributed by atoms with Crippen LogP contribution >= 0.6 is 15.9 Å². The highest BCUT2D eigenvalue weighted by Gasteiger charge is 2.15. The molecular weight excluding hydrogens is 436 g/mol. The number of ether oxygens (including phenoxy) is 1. The van der Waals surface area contributed by atoms with Gasteiger partial charge in [-0.05, 0) is 71.4 Å². The number of benzene rings is 3. The average Bonchev–Trinajstić information content (AvgIpc) is 3.15. The molecule has 1 heterocycles. The van der Waals surface area contributed by atoms with Crippen LogP contribution in [-0.4, -0.2) is 22.6 Å². The van der Waals surface area contributed by atoms with Gasteiger partial charge in [0.25, 0.3) is 5.91 Å². The van der Waals surface area contributed by atoms with E-state index in [2.05, 4.69) is 26.2 Å². The van der Waals surface area contributed by atoms with Gasteiger partial charge in [-0.2, -0.15) is 0 Å². The molecule has 1 amide bonds. The molecule has 2 N–H and O–H groups in total. The number of nitrogens with zero attached hydrogens (tertiary/aromatic N) is 1. The van der Waals surface area contributed by atoms with Gasteiger partial charge in [0, 0.05) is 11.3 Å². The van der Waals surface area contributed by atoms with E-state index in [0.29, 0.717) is 44.7 Å². The summed E-state index contributed by atoms with van der Waals surface area (Å²) in [7, 11) is 0. The van der Waals surface area contributed by atoms with Crippen molar-refractivity contribution < 1.29 is 19.1 Å². The number of anilines is 1. The maximum Gasteiger partial charge on any atom is 0.255 e. The van der Waals surface area contributed by atoms with E-state index >= 15 is 0 Å². The van der Waals surface area contributed by atoms with Crippen LogP contribution in [0.2, 0.25) is 0 Å². The van der Waals surface area contributed by atoms with Gasteiger partial charge in [-0.3, -0.25) is 4.79 Å². The van der Waals surface area contributed by atoms with Crippen LogP contribution < -0.4 is 10.1 Å². The molecule has 29 heavy (non-hydrogen) atoms. The van der Waals surface area contributed by atoms with E-state index in [1.165, 1.54) is 6.07 Å². The van der Waals surface area contributed by atoms with Crippen LogP contribution in [-0.2, 0) is 0 Å². The molecule has 0 aliphatic rings. The molecule has 0 atom stereocenters. The van der Waals surface area contributed by atoms with E-state index in [0.717, 1.165) is 0 Å². The second kappa shape index (κ2) is 7.97. The van der Waals surface area contributed by atoms with Crippen LogP contribution in [0.3, 0.4) is 0 Å². The number of aromatic hydroxyl groups is 1. The molecule has 0 bridgehead atoms. The van der Waals surface area contributed by atoms with Gasteiger partial charge in [0.05, 0.1) is 16.6 Å². The first kappa shape index (κ1) is 19.0. The molecule has 1 aromatic heterocycles. The van der Waals surface area contributed by atoms with Gasteiger partial charge in [-0.15, -0.1) is 0 Å². The number of aromatic nitrogens is 1. The fourth-order valence-corrected chi connectivity index (χ4v) is 3.38. The molecular formula is C22H17BrN2O4. The second-order valence-electron chi connectivity index (χ2n) is 6.25. The summed E-state index contributed by atoms with van der Waals surface area (Å²) in [4.78, 5) is 17.0. The third-order valence-corrected chi connectivity index (χ3v) is 4.89. The van der Waals surface area contributed by atoms with Gasteiger partial charge >= 0.3 is 0 Å². The summed E-state index contributed by atoms with van der Waals surface area (Å²) in [5.41, 5.74) is 2.69. The number of phenolic OH excluding ortho intramolecular Hbond substituents is 1. The number of para-hydroxylation sites is 2. The van der Waals surface area contributed by atoms with E-state index in [9.17, 15) is 9.90 Å². The average molecular weight is 453 g/mol. The van der Waals surface area contributed by atoms with Gasteiger partial charge in [0.2, 0.25) is 5.89 Å². The summed E-state index contributed by atoms with van der Waals surface area (Å²) in [6.45, 7) is 2.43. The number of fused-ring (bicyclic) bond motifs is 1. The first-order valence-corrected chi connectivity index (χ1v) is 9.77. The van der Waals surface area contributed by atoms with E-state index in [1.807, 2.05) is 25.1 Å². The molecule has 7 heteroatoms. The van der Waals surface area contributed by atoms with Gasteiger partial charge in [-0.25, -0.2) is 4.98 Å². The van der Waals surface area contributed by atoms with Crippen molar-refractivity contribution in [3.05, 3.63) is 70.7 Å². The van der Waals surface area contributed by atoms with Crippen LogP contribution in [0, 0.1) is 0 Å². The normalized spacial score (nSPS) is 10.8. The Kier molecular flexibility index (Phi) is 5.22. The van der Waals surface area contributed by atoms with Gasteiger partial charge in [0.1, 0.15) is 17.0 Å². The molecule has 3 aromatic carbocycles. The fraction of sp³-hybridized carbons (Fsp3) is 0.0909. The molecule has 0 saturated carbocycles. The Morgan fingerprint density at radius 3 is 2.76 bits per heavy atom. The van der Waals surface area contributed by atoms with Crippen molar-refractivity contribution in [3.8, 4) is 23.0 Å². The highest BCUT2D eigenvalue weighted by molar-refractivity contribution is 9.10. The van der Waals surface area contributed by atoms with E-state index in [1.54, 1.807) is 36.4 Å². The fourth-order valence-electron chi connectivity index (χ4n) is 2.89. The third-order valence-electron chi connectivity index (χ3n) is 4.27. The summed E-state index contributed by atoms with van der Waals surface area (Å²) in [5, 5.41) is 13.1. The van der Waals surface area contributed by atoms with Crippen molar-refractivity contribution in [1.29, 1.82) is 0 Å². The number of hydrogen-bond donors (Lipinski definition) is 2. The number of amides is 1. The highest BCUT2D eigenvalue weighted by Crippen LogP contribution is 2.33. The lowest BCUT2D eigenvalue weighted by atomic mass is 10.1. The minimum absolute atomic E-state index is 0.0124. The summed E-state index contributed by atoms with van der Waals surface area (Å²) >= 11 is 3.41. The minimum Gasteiger partial charge on any atom is -0.507 e. The van der Waals surface area contributed by atoms with Crippen molar-refractivity contribution >= 4 is 38.6 Å². The third kappa shape index (κ3) is 3.95. The molecule has 0 radical (unpaired) electrons. The standard InChI is InChI=1S/C22H17BrN2O4/c1-2-28-19-10-7-13(11-16(19)23)21(27)24-14-8-9-18(26)15(12-14)22-25-17-5-3-4-6-20(17)29-22/h3-12,26H,2H2,1H3,(H,24,27). The van der Waals surface area contributed by atoms with Crippen LogP contribution in [0.4, 0.5) is 5.69 Å². The van der Waals surface area contributed by atoms with Crippen molar-refractivity contribution in [1.82, 2.24) is 4.98 Å². The monoisotopic (exact) mass is 452 g/mol. The molecule has 0 fully saturated rings. The lowest BCUT2D eigenvalue weighted by Gasteiger charge is -2.10. The first-order valence-electron chi connectivity index (χ1n) is 8.98. The van der Waals surface area contributed by atoms with E-state index in [4.69, 9.17) is 9.15 Å². The van der Waals surface area contributed by atoms with Crippen LogP contribution in [0.25, 0.3) is 22.6 Å². The first-order chi connectivity index (χ1) is 14.0. The van der Waals surface area contributed by atoms with Crippen molar-refractivity contribution in [2.24, 2.45) is 0 Å². The van der Waals surface area contributed by atoms with Gasteiger partial charge < -0.3 is 19.6 Å². The number of rotatable bonds is 5. The zero-order valence-electron chi connectivity index (χ0n) is 15.5. The number of phenols is 1. The molecule has 146 valence electrons. The summed E-state index contributed by atoms with van der Waals surface area (Å²) < 4.78 is 11.9. The molecule has 0 saturated heterocycles. The molecule has 4 rings (SSSR count). The van der Waals surface area contributed by atoms with Gasteiger partial charge in [-0.1, -0.05) is 12.1 Å². The van der Waals surface area contributed by atoms with Crippen LogP contribution in [0.1, 0.15) is 17.3 Å². The Bertz CT molecular complexity index is 1170. The lowest BCUT2D eigenvalue weighted by molar-refractivity contribution is 0.102. The predicted molar refractivity (Wildman–Crippen MR) is 114 cm³/mol. The molecule has 0 aliphatic carbocycles. The maximum absolute atomic E-state index is 12.6. The Morgan fingerprint density at radius 1 is 1.17 bits per heavy atom. The molecule has 0 aliphatic heterocycles. The molecule has 0 unspecified atom stereocenters. The number of hydrogen-bond acceptors (Lipinski definition) is 5. The van der Waals surface area contributed by atoms with Gasteiger partial charge in [0.15, 0.2) is 5.58 Å². The molecule has 4 aromatic rings. The zero-order valence-corrected chi connectivity index (χ0v) is 17.1. The van der Waals surface area contributed by atoms with E-state index in [-0.39, 0.29) is 17.5 Å². The Morgan fingerprint density at radius 2 is 2.00 bits per heavy atom. The minimum atomic E-state index is -0.289. The number of carbonyl (C=O) groups excluding carboxylic acids is 1. The number of carbonyl (C=O) groups is 1. The van der Waals surface area contributed by atoms with Crippen molar-refractivity contribution in [2.75, 3.05) is 11.9 Å². The van der Waals surface area contributed by atoms with Crippen LogP contribution in [0.5, 0.6) is 11.5 Å². The molecule has 0 spiro atoms. The lowest BCUT2D eigenvalue weighted by Crippen LogP contribution is -2.12. The highest BCUT2D eigenvalue weighted by atomic mass is 79.9. The van der Waals surface area contributed by atoms with Crippen LogP contribution in [0.15, 0.2) is 69.6 Å². The quantitative estimate of drug-likeness (QED) is 0.384. The Balaban J connectivity index is 1.60. The smallest absolute Gasteiger partial charge is 0.255 e. The summed E-state index contributed by atoms with van der Waals surface area (Å²) in [6, 6.07) is 17.2. The zero-order chi connectivity index (χ0) is 20.4. The number of nitrogens with one attached hydrogen (secondary N) is 1. The predicted octanol–water partition coefficient (Wildman–Crippen LogP) is 5.61.